The molecule has 0 bridgehead atoms. The zero-order valence-electron chi connectivity index (χ0n) is 13.8. The van der Waals surface area contributed by atoms with Crippen molar-refractivity contribution in [3.63, 3.8) is 0 Å². The van der Waals surface area contributed by atoms with Gasteiger partial charge in [0.25, 0.3) is 11.3 Å². The van der Waals surface area contributed by atoms with E-state index >= 15 is 0 Å². The first kappa shape index (κ1) is 15.9. The van der Waals surface area contributed by atoms with Crippen molar-refractivity contribution in [2.24, 2.45) is 0 Å². The largest absolute Gasteiger partial charge is 0.294 e. The Bertz CT molecular complexity index is 943. The minimum absolute atomic E-state index is 0.177. The number of nitrogens with one attached hydrogen (secondary N) is 2. The lowest BCUT2D eigenvalue weighted by Crippen LogP contribution is -2.22. The van der Waals surface area contributed by atoms with Crippen molar-refractivity contribution < 1.29 is 4.79 Å². The van der Waals surface area contributed by atoms with Gasteiger partial charge in [0, 0.05) is 11.3 Å². The van der Waals surface area contributed by atoms with E-state index in [0.29, 0.717) is 17.7 Å². The lowest BCUT2D eigenvalue weighted by molar-refractivity contribution is -0.117. The Morgan fingerprint density at radius 2 is 1.96 bits per heavy atom. The van der Waals surface area contributed by atoms with Crippen LogP contribution >= 0.6 is 0 Å². The molecule has 2 aromatic heterocycles. The monoisotopic (exact) mass is 325 g/mol. The van der Waals surface area contributed by atoms with E-state index in [0.717, 1.165) is 5.56 Å². The number of aryl methyl sites for hydroxylation is 1. The molecule has 7 heteroatoms. The molecule has 1 amide bonds. The quantitative estimate of drug-likeness (QED) is 0.769. The van der Waals surface area contributed by atoms with Crippen LogP contribution in [0.15, 0.2) is 35.1 Å². The van der Waals surface area contributed by atoms with Crippen LogP contribution in [0.25, 0.3) is 5.78 Å². The number of hydrogen-bond acceptors (Lipinski definition) is 4. The predicted octanol–water partition coefficient (Wildman–Crippen LogP) is 2.17. The van der Waals surface area contributed by atoms with Crippen LogP contribution in [0, 0.1) is 13.8 Å². The van der Waals surface area contributed by atoms with Crippen molar-refractivity contribution in [3.8, 4) is 0 Å². The van der Waals surface area contributed by atoms with Crippen LogP contribution in [0.4, 0.5) is 5.95 Å². The molecule has 0 aliphatic carbocycles. The fraction of sp³-hybridized carbons (Fsp3) is 0.294. The van der Waals surface area contributed by atoms with Gasteiger partial charge in [-0.15, -0.1) is 0 Å². The number of nitrogens with zero attached hydrogens (tertiary/aromatic N) is 3. The molecule has 0 spiro atoms. The molecule has 1 aromatic carbocycles. The van der Waals surface area contributed by atoms with Gasteiger partial charge >= 0.3 is 0 Å². The fourth-order valence-electron chi connectivity index (χ4n) is 2.62. The summed E-state index contributed by atoms with van der Waals surface area (Å²) in [7, 11) is 0. The molecular weight excluding hydrogens is 306 g/mol. The zero-order valence-corrected chi connectivity index (χ0v) is 13.8. The first-order valence-corrected chi connectivity index (χ1v) is 7.83. The zero-order chi connectivity index (χ0) is 17.3. The summed E-state index contributed by atoms with van der Waals surface area (Å²) in [6, 6.07) is 9.56. The minimum Gasteiger partial charge on any atom is -0.294 e. The van der Waals surface area contributed by atoms with E-state index in [4.69, 9.17) is 0 Å². The molecule has 0 fully saturated rings. The molecule has 2 heterocycles. The topological polar surface area (TPSA) is 92.2 Å². The number of anilines is 1. The molecule has 0 radical (unpaired) electrons. The Labute approximate surface area is 138 Å². The van der Waals surface area contributed by atoms with Crippen LogP contribution in [0.2, 0.25) is 0 Å². The molecule has 124 valence electrons. The average molecular weight is 325 g/mol. The summed E-state index contributed by atoms with van der Waals surface area (Å²) < 4.78 is 1.24. The summed E-state index contributed by atoms with van der Waals surface area (Å²) in [5.41, 5.74) is 1.89. The Kier molecular flexibility index (Phi) is 4.16. The van der Waals surface area contributed by atoms with Crippen molar-refractivity contribution in [2.75, 3.05) is 5.32 Å². The maximum atomic E-state index is 12.6. The maximum absolute atomic E-state index is 12.6. The molecule has 0 aliphatic rings. The number of hydrogen-bond donors (Lipinski definition) is 2. The van der Waals surface area contributed by atoms with Crippen LogP contribution in [0.3, 0.4) is 0 Å². The van der Waals surface area contributed by atoms with Gasteiger partial charge in [-0.3, -0.25) is 20.0 Å². The lowest BCUT2D eigenvalue weighted by Gasteiger charge is -2.13. The van der Waals surface area contributed by atoms with Crippen LogP contribution in [-0.2, 0) is 4.79 Å². The van der Waals surface area contributed by atoms with Crippen molar-refractivity contribution in [2.45, 2.75) is 33.1 Å². The number of carbonyl (C=O) groups is 1. The second kappa shape index (κ2) is 6.27. The summed E-state index contributed by atoms with van der Waals surface area (Å²) in [4.78, 5) is 33.2. The van der Waals surface area contributed by atoms with E-state index in [-0.39, 0.29) is 29.1 Å². The molecule has 0 saturated heterocycles. The average Bonchev–Trinajstić information content (AvgIpc) is 2.97. The summed E-state index contributed by atoms with van der Waals surface area (Å²) in [5, 5.41) is 5.53. The molecule has 7 nitrogen and oxygen atoms in total. The van der Waals surface area contributed by atoms with Crippen molar-refractivity contribution in [1.82, 2.24) is 19.6 Å². The van der Waals surface area contributed by atoms with Crippen LogP contribution < -0.4 is 10.9 Å². The van der Waals surface area contributed by atoms with Crippen LogP contribution in [0.5, 0.6) is 0 Å². The van der Waals surface area contributed by atoms with Gasteiger partial charge in [-0.25, -0.2) is 4.98 Å². The highest BCUT2D eigenvalue weighted by Gasteiger charge is 2.20. The number of H-pyrrole nitrogens is 1. The molecular formula is C17H19N5O2. The molecule has 0 aliphatic heterocycles. The minimum atomic E-state index is -0.285. The molecule has 2 N–H and O–H groups in total. The third-order valence-corrected chi connectivity index (χ3v) is 4.13. The van der Waals surface area contributed by atoms with E-state index in [1.807, 2.05) is 37.3 Å². The second-order valence-corrected chi connectivity index (χ2v) is 5.70. The van der Waals surface area contributed by atoms with Gasteiger partial charge in [-0.1, -0.05) is 37.3 Å². The maximum Gasteiger partial charge on any atom is 0.277 e. The molecule has 24 heavy (non-hydrogen) atoms. The highest BCUT2D eigenvalue weighted by atomic mass is 16.2. The Balaban J connectivity index is 1.90. The third kappa shape index (κ3) is 2.80. The Morgan fingerprint density at radius 1 is 1.25 bits per heavy atom. The van der Waals surface area contributed by atoms with E-state index in [1.54, 1.807) is 13.8 Å². The predicted molar refractivity (Wildman–Crippen MR) is 91.2 cm³/mol. The summed E-state index contributed by atoms with van der Waals surface area (Å²) in [6.07, 6.45) is 0.659. The standard InChI is InChI=1S/C17H19N5O2/c1-4-13(12-8-6-5-7-9-12)14(23)19-16-20-17-18-11(3)10(2)15(24)22(17)21-16/h5-9,13H,4H2,1-3H3,(H2,18,19,20,21,23). The van der Waals surface area contributed by atoms with Gasteiger partial charge in [0.15, 0.2) is 0 Å². The van der Waals surface area contributed by atoms with Crippen molar-refractivity contribution >= 4 is 17.6 Å². The van der Waals surface area contributed by atoms with Crippen LogP contribution in [-0.4, -0.2) is 25.5 Å². The molecule has 0 saturated carbocycles. The summed E-state index contributed by atoms with van der Waals surface area (Å²) in [5.74, 6) is -0.00745. The van der Waals surface area contributed by atoms with Gasteiger partial charge in [-0.05, 0) is 25.8 Å². The number of carbonyl (C=O) groups excluding carboxylic acids is 1. The summed E-state index contributed by atoms with van der Waals surface area (Å²) in [6.45, 7) is 5.42. The first-order valence-electron chi connectivity index (χ1n) is 7.83. The summed E-state index contributed by atoms with van der Waals surface area (Å²) >= 11 is 0. The fourth-order valence-corrected chi connectivity index (χ4v) is 2.62. The van der Waals surface area contributed by atoms with Crippen LogP contribution in [0.1, 0.15) is 36.1 Å². The smallest absolute Gasteiger partial charge is 0.277 e. The number of rotatable bonds is 4. The molecule has 1 unspecified atom stereocenters. The van der Waals surface area contributed by atoms with Gasteiger partial charge < -0.3 is 0 Å². The Morgan fingerprint density at radius 3 is 2.62 bits per heavy atom. The second-order valence-electron chi connectivity index (χ2n) is 5.70. The van der Waals surface area contributed by atoms with E-state index in [9.17, 15) is 9.59 Å². The molecule has 3 aromatic rings. The number of aromatic amines is 1. The highest BCUT2D eigenvalue weighted by Crippen LogP contribution is 2.20. The Hall–Kier alpha value is -2.96. The van der Waals surface area contributed by atoms with E-state index in [1.165, 1.54) is 4.52 Å². The van der Waals surface area contributed by atoms with Crippen molar-refractivity contribution in [3.05, 3.63) is 57.5 Å². The first-order chi connectivity index (χ1) is 11.5. The van der Waals surface area contributed by atoms with E-state index in [2.05, 4.69) is 20.4 Å². The molecule has 3 rings (SSSR count). The van der Waals surface area contributed by atoms with Gasteiger partial charge in [0.05, 0.1) is 5.92 Å². The highest BCUT2D eigenvalue weighted by molar-refractivity contribution is 5.94. The van der Waals surface area contributed by atoms with Gasteiger partial charge in [-0.2, -0.15) is 9.50 Å². The number of benzene rings is 1. The number of fused-ring (bicyclic) bond motifs is 1. The van der Waals surface area contributed by atoms with Crippen molar-refractivity contribution in [1.29, 1.82) is 0 Å². The van der Waals surface area contributed by atoms with Gasteiger partial charge in [0.2, 0.25) is 11.9 Å². The number of amides is 1. The van der Waals surface area contributed by atoms with Gasteiger partial charge in [0.1, 0.15) is 0 Å². The third-order valence-electron chi connectivity index (χ3n) is 4.13. The SMILES string of the molecule is CCC(C(=O)Nc1nc2nc(C)c(C)c(=O)n2[nH]1)c1ccccc1. The number of aromatic nitrogens is 4. The lowest BCUT2D eigenvalue weighted by atomic mass is 9.96. The molecule has 1 atom stereocenters. The van der Waals surface area contributed by atoms with E-state index < -0.39 is 0 Å². The normalized spacial score (nSPS) is 12.3.